The maximum Gasteiger partial charge on any atom is 0.257 e. The van der Waals surface area contributed by atoms with Crippen LogP contribution in [0.1, 0.15) is 53.0 Å². The van der Waals surface area contributed by atoms with Gasteiger partial charge in [0.05, 0.1) is 23.4 Å². The van der Waals surface area contributed by atoms with Crippen LogP contribution in [0.2, 0.25) is 0 Å². The first-order valence-electron chi connectivity index (χ1n) is 10.0. The Morgan fingerprint density at radius 2 is 2.04 bits per heavy atom. The molecule has 1 aliphatic heterocycles. The van der Waals surface area contributed by atoms with Gasteiger partial charge in [0.1, 0.15) is 6.33 Å². The minimum Gasteiger partial charge on any atom is -0.390 e. The lowest BCUT2D eigenvalue weighted by atomic mass is 9.72. The smallest absolute Gasteiger partial charge is 0.257 e. The van der Waals surface area contributed by atoms with Crippen LogP contribution in [0.4, 0.5) is 0 Å². The topological polar surface area (TPSA) is 69.6 Å². The van der Waals surface area contributed by atoms with E-state index in [1.54, 1.807) is 6.20 Å². The normalized spacial score (nSPS) is 23.2. The molecular weight excluding hydrogens is 352 g/mol. The molecule has 2 aliphatic rings. The maximum atomic E-state index is 12.9. The number of aromatic nitrogens is 2. The summed E-state index contributed by atoms with van der Waals surface area (Å²) in [5, 5.41) is 11.4. The summed E-state index contributed by atoms with van der Waals surface area (Å²) in [6.45, 7) is 6.08. The minimum absolute atomic E-state index is 0.00761. The number of likely N-dealkylation sites (N-methyl/N-ethyl adjacent to an activating group) is 1. The van der Waals surface area contributed by atoms with Crippen LogP contribution < -0.4 is 0 Å². The van der Waals surface area contributed by atoms with Gasteiger partial charge in [-0.05, 0) is 44.5 Å². The van der Waals surface area contributed by atoms with Crippen molar-refractivity contribution in [2.75, 3.05) is 26.7 Å². The van der Waals surface area contributed by atoms with Crippen molar-refractivity contribution in [1.82, 2.24) is 19.8 Å². The fourth-order valence-corrected chi connectivity index (χ4v) is 4.96. The highest BCUT2D eigenvalue weighted by atomic mass is 16.3. The highest BCUT2D eigenvalue weighted by Gasteiger charge is 2.53. The van der Waals surface area contributed by atoms with E-state index >= 15 is 0 Å². The molecule has 2 atom stereocenters. The number of hydrogen-bond acceptors (Lipinski definition) is 5. The highest BCUT2D eigenvalue weighted by Crippen LogP contribution is 2.52. The maximum absolute atomic E-state index is 12.9. The lowest BCUT2D eigenvalue weighted by Crippen LogP contribution is -2.50. The standard InChI is InChI=1S/C22H28N4O2/c1-4-25(3)19-16-7-5-6-8-18(16)22(20(19)27)9-11-26(12-10-22)21(28)17-13-23-14-24-15(17)2/h5-8,13-14,19-20,27H,4,9-12H2,1-3H3/t19-,20+/m1/s1. The van der Waals surface area contributed by atoms with E-state index in [0.29, 0.717) is 24.3 Å². The summed E-state index contributed by atoms with van der Waals surface area (Å²) in [6.07, 6.45) is 4.12. The zero-order valence-corrected chi connectivity index (χ0v) is 16.8. The third-order valence-corrected chi connectivity index (χ3v) is 6.74. The molecule has 6 nitrogen and oxygen atoms in total. The van der Waals surface area contributed by atoms with Gasteiger partial charge >= 0.3 is 0 Å². The van der Waals surface area contributed by atoms with E-state index in [-0.39, 0.29) is 17.4 Å². The first-order chi connectivity index (χ1) is 13.5. The van der Waals surface area contributed by atoms with Crippen LogP contribution in [0.15, 0.2) is 36.8 Å². The number of aliphatic hydroxyl groups is 1. The van der Waals surface area contributed by atoms with Gasteiger partial charge in [0.25, 0.3) is 5.91 Å². The number of carbonyl (C=O) groups excluding carboxylic acids is 1. The number of rotatable bonds is 3. The fraction of sp³-hybridized carbons (Fsp3) is 0.500. The van der Waals surface area contributed by atoms with Gasteiger partial charge in [-0.3, -0.25) is 9.69 Å². The largest absolute Gasteiger partial charge is 0.390 e. The van der Waals surface area contributed by atoms with Gasteiger partial charge in [-0.25, -0.2) is 9.97 Å². The Balaban J connectivity index is 1.60. The number of benzene rings is 1. The van der Waals surface area contributed by atoms with Gasteiger partial charge in [0, 0.05) is 24.7 Å². The summed E-state index contributed by atoms with van der Waals surface area (Å²) in [7, 11) is 2.07. The predicted octanol–water partition coefficient (Wildman–Crippen LogP) is 2.33. The molecule has 1 aromatic carbocycles. The number of likely N-dealkylation sites (tertiary alicyclic amines) is 1. The molecule has 0 saturated carbocycles. The third-order valence-electron chi connectivity index (χ3n) is 6.74. The molecule has 1 amide bonds. The zero-order valence-electron chi connectivity index (χ0n) is 16.8. The average molecular weight is 380 g/mol. The van der Waals surface area contributed by atoms with Gasteiger partial charge in [-0.15, -0.1) is 0 Å². The number of hydrogen-bond donors (Lipinski definition) is 1. The molecule has 0 unspecified atom stereocenters. The highest BCUT2D eigenvalue weighted by molar-refractivity contribution is 5.95. The molecule has 1 spiro atoms. The third kappa shape index (κ3) is 2.83. The fourth-order valence-electron chi connectivity index (χ4n) is 4.96. The molecule has 1 aliphatic carbocycles. The van der Waals surface area contributed by atoms with Crippen molar-refractivity contribution in [3.63, 3.8) is 0 Å². The van der Waals surface area contributed by atoms with E-state index in [1.807, 2.05) is 11.8 Å². The number of aryl methyl sites for hydroxylation is 1. The first-order valence-corrected chi connectivity index (χ1v) is 10.0. The van der Waals surface area contributed by atoms with E-state index in [2.05, 4.69) is 53.1 Å². The number of aliphatic hydroxyl groups excluding tert-OH is 1. The molecule has 6 heteroatoms. The molecule has 4 rings (SSSR count). The summed E-state index contributed by atoms with van der Waals surface area (Å²) in [5.74, 6) is -0.0176. The zero-order chi connectivity index (χ0) is 19.9. The predicted molar refractivity (Wildman–Crippen MR) is 107 cm³/mol. The van der Waals surface area contributed by atoms with Crippen LogP contribution in [-0.4, -0.2) is 63.6 Å². The Labute approximate surface area is 166 Å². The lowest BCUT2D eigenvalue weighted by Gasteiger charge is -2.43. The molecule has 1 saturated heterocycles. The Morgan fingerprint density at radius 3 is 2.71 bits per heavy atom. The number of piperidine rings is 1. The van der Waals surface area contributed by atoms with Gasteiger partial charge in [-0.1, -0.05) is 31.2 Å². The number of carbonyl (C=O) groups is 1. The molecule has 0 bridgehead atoms. The molecule has 2 aromatic rings. The van der Waals surface area contributed by atoms with Gasteiger partial charge in [0.2, 0.25) is 0 Å². The Hall–Kier alpha value is -2.31. The van der Waals surface area contributed by atoms with E-state index in [1.165, 1.54) is 17.5 Å². The number of amides is 1. The summed E-state index contributed by atoms with van der Waals surface area (Å²) in [4.78, 5) is 25.2. The minimum atomic E-state index is -0.464. The molecule has 1 N–H and O–H groups in total. The van der Waals surface area contributed by atoms with E-state index < -0.39 is 6.10 Å². The van der Waals surface area contributed by atoms with E-state index in [0.717, 1.165) is 19.4 Å². The van der Waals surface area contributed by atoms with E-state index in [4.69, 9.17) is 0 Å². The molecule has 1 aromatic heterocycles. The molecule has 28 heavy (non-hydrogen) atoms. The Bertz CT molecular complexity index is 876. The number of nitrogens with zero attached hydrogens (tertiary/aromatic N) is 4. The van der Waals surface area contributed by atoms with Gasteiger partial charge < -0.3 is 10.0 Å². The SMILES string of the molecule is CCN(C)[C@@H]1c2ccccc2C2(CCN(C(=O)c3cncnc3C)CC2)[C@H]1O. The van der Waals surface area contributed by atoms with Crippen LogP contribution in [0.5, 0.6) is 0 Å². The van der Waals surface area contributed by atoms with Crippen molar-refractivity contribution >= 4 is 5.91 Å². The second kappa shape index (κ2) is 7.26. The number of fused-ring (bicyclic) bond motifs is 2. The Morgan fingerprint density at radius 1 is 1.32 bits per heavy atom. The van der Waals surface area contributed by atoms with Crippen molar-refractivity contribution in [2.45, 2.75) is 44.2 Å². The summed E-state index contributed by atoms with van der Waals surface area (Å²) < 4.78 is 0. The first kappa shape index (κ1) is 19.0. The summed E-state index contributed by atoms with van der Waals surface area (Å²) in [6, 6.07) is 8.43. The van der Waals surface area contributed by atoms with Gasteiger partial charge in [-0.2, -0.15) is 0 Å². The van der Waals surface area contributed by atoms with Crippen LogP contribution in [0.25, 0.3) is 0 Å². The van der Waals surface area contributed by atoms with Crippen molar-refractivity contribution in [3.8, 4) is 0 Å². The van der Waals surface area contributed by atoms with Crippen molar-refractivity contribution in [3.05, 3.63) is 59.2 Å². The quantitative estimate of drug-likeness (QED) is 0.885. The summed E-state index contributed by atoms with van der Waals surface area (Å²) in [5.41, 5.74) is 3.46. The van der Waals surface area contributed by atoms with Crippen molar-refractivity contribution in [1.29, 1.82) is 0 Å². The second-order valence-electron chi connectivity index (χ2n) is 8.02. The van der Waals surface area contributed by atoms with Crippen LogP contribution >= 0.6 is 0 Å². The average Bonchev–Trinajstić information content (AvgIpc) is 2.96. The molecule has 1 fully saturated rings. The van der Waals surface area contributed by atoms with Gasteiger partial charge in [0.15, 0.2) is 0 Å². The van der Waals surface area contributed by atoms with Crippen LogP contribution in [0.3, 0.4) is 0 Å². The summed E-state index contributed by atoms with van der Waals surface area (Å²) >= 11 is 0. The molecule has 2 heterocycles. The monoisotopic (exact) mass is 380 g/mol. The lowest BCUT2D eigenvalue weighted by molar-refractivity contribution is -0.00595. The van der Waals surface area contributed by atoms with Crippen LogP contribution in [-0.2, 0) is 5.41 Å². The molecule has 148 valence electrons. The van der Waals surface area contributed by atoms with Crippen molar-refractivity contribution < 1.29 is 9.90 Å². The molecule has 0 radical (unpaired) electrons. The molecular formula is C22H28N4O2. The Kier molecular flexibility index (Phi) is 4.93. The van der Waals surface area contributed by atoms with Crippen molar-refractivity contribution in [2.24, 2.45) is 0 Å². The van der Waals surface area contributed by atoms with E-state index in [9.17, 15) is 9.90 Å². The van der Waals surface area contributed by atoms with Crippen LogP contribution in [0, 0.1) is 6.92 Å². The second-order valence-corrected chi connectivity index (χ2v) is 8.02.